The fourth-order valence-corrected chi connectivity index (χ4v) is 5.68. The molecule has 0 amide bonds. The van der Waals surface area contributed by atoms with E-state index in [4.69, 9.17) is 18.9 Å². The lowest BCUT2D eigenvalue weighted by atomic mass is 10.0. The SMILES string of the molecule is CCOC(=O)C1=C(C)N=c2sc(=Cc3cc(OC)c(OC)cc3OC)c(=O)n2[C@H]1c1cccs1. The number of carbonyl (C=O) groups is 1. The van der Waals surface area contributed by atoms with Gasteiger partial charge in [-0.2, -0.15) is 0 Å². The number of hydrogen-bond acceptors (Lipinski definition) is 9. The van der Waals surface area contributed by atoms with Crippen molar-refractivity contribution in [1.29, 1.82) is 0 Å². The zero-order valence-corrected chi connectivity index (χ0v) is 21.0. The van der Waals surface area contributed by atoms with Crippen molar-refractivity contribution in [3.63, 3.8) is 0 Å². The summed E-state index contributed by atoms with van der Waals surface area (Å²) in [7, 11) is 4.64. The maximum atomic E-state index is 13.6. The minimum Gasteiger partial charge on any atom is -0.496 e. The van der Waals surface area contributed by atoms with Crippen molar-refractivity contribution in [2.24, 2.45) is 4.99 Å². The van der Waals surface area contributed by atoms with Crippen molar-refractivity contribution >= 4 is 34.7 Å². The zero-order valence-electron chi connectivity index (χ0n) is 19.4. The topological polar surface area (TPSA) is 88.4 Å². The molecular weight excluding hydrogens is 476 g/mol. The molecule has 1 atom stereocenters. The van der Waals surface area contributed by atoms with Gasteiger partial charge in [-0.15, -0.1) is 11.3 Å². The number of carbonyl (C=O) groups excluding carboxylic acids is 1. The van der Waals surface area contributed by atoms with E-state index in [1.807, 2.05) is 17.5 Å². The standard InChI is InChI=1S/C24H24N2O6S2/c1-6-32-23(28)20-13(2)25-24-26(21(20)18-8-7-9-33-18)22(27)19(34-24)11-14-10-16(30-4)17(31-5)12-15(14)29-3/h7-12,21H,6H2,1-5H3/t21-/m0/s1. The third-order valence-electron chi connectivity index (χ3n) is 5.35. The summed E-state index contributed by atoms with van der Waals surface area (Å²) in [5.41, 5.74) is 1.30. The van der Waals surface area contributed by atoms with Crippen LogP contribution in [0.4, 0.5) is 0 Å². The predicted molar refractivity (Wildman–Crippen MR) is 131 cm³/mol. The summed E-state index contributed by atoms with van der Waals surface area (Å²) in [5.74, 6) is 1.09. The number of nitrogens with zero attached hydrogens (tertiary/aromatic N) is 2. The van der Waals surface area contributed by atoms with Crippen LogP contribution in [0.15, 0.2) is 50.7 Å². The van der Waals surface area contributed by atoms with Crippen molar-refractivity contribution in [2.75, 3.05) is 27.9 Å². The molecule has 0 unspecified atom stereocenters. The molecule has 10 heteroatoms. The molecule has 0 saturated carbocycles. The molecule has 1 aromatic carbocycles. The van der Waals surface area contributed by atoms with Gasteiger partial charge in [0, 0.05) is 16.5 Å². The maximum Gasteiger partial charge on any atom is 0.338 e. The Balaban J connectivity index is 1.94. The largest absolute Gasteiger partial charge is 0.496 e. The number of benzene rings is 1. The van der Waals surface area contributed by atoms with Crippen LogP contribution in [0.5, 0.6) is 17.2 Å². The minimum atomic E-state index is -0.607. The molecule has 3 heterocycles. The Morgan fingerprint density at radius 2 is 1.85 bits per heavy atom. The molecule has 4 rings (SSSR count). The number of thiophene rings is 1. The molecule has 0 fully saturated rings. The Bertz CT molecular complexity index is 1430. The van der Waals surface area contributed by atoms with Gasteiger partial charge in [-0.05, 0) is 37.4 Å². The number of allylic oxidation sites excluding steroid dienone is 1. The number of methoxy groups -OCH3 is 3. The van der Waals surface area contributed by atoms with Gasteiger partial charge in [0.15, 0.2) is 16.3 Å². The molecule has 2 aromatic heterocycles. The van der Waals surface area contributed by atoms with E-state index in [1.54, 1.807) is 58.0 Å². The second kappa shape index (κ2) is 9.86. The average molecular weight is 501 g/mol. The van der Waals surface area contributed by atoms with Crippen LogP contribution in [0.1, 0.15) is 30.3 Å². The van der Waals surface area contributed by atoms with E-state index in [1.165, 1.54) is 22.7 Å². The van der Waals surface area contributed by atoms with E-state index in [0.29, 0.717) is 43.4 Å². The second-order valence-electron chi connectivity index (χ2n) is 7.27. The molecule has 8 nitrogen and oxygen atoms in total. The zero-order chi connectivity index (χ0) is 24.4. The molecular formula is C24H24N2O6S2. The monoisotopic (exact) mass is 500 g/mol. The van der Waals surface area contributed by atoms with Crippen LogP contribution in [-0.2, 0) is 9.53 Å². The molecule has 0 radical (unpaired) electrons. The van der Waals surface area contributed by atoms with Crippen LogP contribution in [0.25, 0.3) is 6.08 Å². The first kappa shape index (κ1) is 23.8. The number of ether oxygens (including phenoxy) is 4. The fourth-order valence-electron chi connectivity index (χ4n) is 3.81. The van der Waals surface area contributed by atoms with Crippen LogP contribution >= 0.6 is 22.7 Å². The van der Waals surface area contributed by atoms with Gasteiger partial charge in [-0.3, -0.25) is 9.36 Å². The molecule has 0 aliphatic carbocycles. The van der Waals surface area contributed by atoms with Gasteiger partial charge in [0.1, 0.15) is 11.8 Å². The Morgan fingerprint density at radius 1 is 1.15 bits per heavy atom. The smallest absolute Gasteiger partial charge is 0.338 e. The average Bonchev–Trinajstić information content (AvgIpc) is 3.46. The van der Waals surface area contributed by atoms with Crippen molar-refractivity contribution in [1.82, 2.24) is 4.57 Å². The molecule has 0 N–H and O–H groups in total. The first-order chi connectivity index (χ1) is 16.4. The first-order valence-electron chi connectivity index (χ1n) is 10.5. The number of fused-ring (bicyclic) bond motifs is 1. The highest BCUT2D eigenvalue weighted by molar-refractivity contribution is 7.10. The van der Waals surface area contributed by atoms with Crippen LogP contribution in [-0.4, -0.2) is 38.5 Å². The van der Waals surface area contributed by atoms with Gasteiger partial charge >= 0.3 is 5.97 Å². The van der Waals surface area contributed by atoms with Crippen molar-refractivity contribution in [3.05, 3.63) is 71.0 Å². The van der Waals surface area contributed by atoms with Crippen LogP contribution in [0, 0.1) is 0 Å². The lowest BCUT2D eigenvalue weighted by Crippen LogP contribution is -2.39. The summed E-state index contributed by atoms with van der Waals surface area (Å²) in [4.78, 5) is 32.5. The third kappa shape index (κ3) is 4.14. The van der Waals surface area contributed by atoms with Crippen LogP contribution in [0.3, 0.4) is 0 Å². The summed E-state index contributed by atoms with van der Waals surface area (Å²) in [6.45, 7) is 3.75. The Labute approximate surface area is 204 Å². The van der Waals surface area contributed by atoms with Gasteiger partial charge in [0.2, 0.25) is 0 Å². The maximum absolute atomic E-state index is 13.6. The normalized spacial score (nSPS) is 15.6. The summed E-state index contributed by atoms with van der Waals surface area (Å²) >= 11 is 2.72. The van der Waals surface area contributed by atoms with Crippen molar-refractivity contribution in [3.8, 4) is 17.2 Å². The molecule has 0 saturated heterocycles. The molecule has 0 bridgehead atoms. The highest BCUT2D eigenvalue weighted by Gasteiger charge is 2.33. The van der Waals surface area contributed by atoms with Gasteiger partial charge in [-0.1, -0.05) is 17.4 Å². The highest BCUT2D eigenvalue weighted by atomic mass is 32.1. The Morgan fingerprint density at radius 3 is 2.47 bits per heavy atom. The number of thiazole rings is 1. The third-order valence-corrected chi connectivity index (χ3v) is 7.26. The van der Waals surface area contributed by atoms with Crippen LogP contribution < -0.4 is 29.1 Å². The molecule has 0 spiro atoms. The lowest BCUT2D eigenvalue weighted by Gasteiger charge is -2.23. The van der Waals surface area contributed by atoms with Crippen molar-refractivity contribution in [2.45, 2.75) is 19.9 Å². The van der Waals surface area contributed by atoms with E-state index in [9.17, 15) is 9.59 Å². The number of esters is 1. The molecule has 3 aromatic rings. The first-order valence-corrected chi connectivity index (χ1v) is 12.2. The van der Waals surface area contributed by atoms with E-state index in [2.05, 4.69) is 4.99 Å². The second-order valence-corrected chi connectivity index (χ2v) is 9.26. The van der Waals surface area contributed by atoms with Gasteiger partial charge < -0.3 is 18.9 Å². The number of aromatic nitrogens is 1. The van der Waals surface area contributed by atoms with Crippen molar-refractivity contribution < 1.29 is 23.7 Å². The van der Waals surface area contributed by atoms with E-state index in [-0.39, 0.29) is 12.2 Å². The lowest BCUT2D eigenvalue weighted by molar-refractivity contribution is -0.139. The van der Waals surface area contributed by atoms with Gasteiger partial charge in [0.05, 0.1) is 43.7 Å². The molecule has 1 aliphatic heterocycles. The summed E-state index contributed by atoms with van der Waals surface area (Å²) in [6.07, 6.45) is 1.74. The van der Waals surface area contributed by atoms with E-state index >= 15 is 0 Å². The predicted octanol–water partition coefficient (Wildman–Crippen LogP) is 2.89. The number of rotatable bonds is 7. The minimum absolute atomic E-state index is 0.232. The number of hydrogen-bond donors (Lipinski definition) is 0. The Hall–Kier alpha value is -3.37. The van der Waals surface area contributed by atoms with E-state index < -0.39 is 12.0 Å². The summed E-state index contributed by atoms with van der Waals surface area (Å²) in [5, 5.41) is 1.91. The van der Waals surface area contributed by atoms with Gasteiger partial charge in [-0.25, -0.2) is 9.79 Å². The molecule has 1 aliphatic rings. The highest BCUT2D eigenvalue weighted by Crippen LogP contribution is 2.35. The molecule has 34 heavy (non-hydrogen) atoms. The molecule has 178 valence electrons. The van der Waals surface area contributed by atoms with E-state index in [0.717, 1.165) is 4.88 Å². The van der Waals surface area contributed by atoms with Crippen LogP contribution in [0.2, 0.25) is 0 Å². The summed E-state index contributed by atoms with van der Waals surface area (Å²) in [6, 6.07) is 6.65. The quantitative estimate of drug-likeness (QED) is 0.464. The fraction of sp³-hybridized carbons (Fsp3) is 0.292. The van der Waals surface area contributed by atoms with Gasteiger partial charge in [0.25, 0.3) is 5.56 Å². The Kier molecular flexibility index (Phi) is 6.90. The summed E-state index contributed by atoms with van der Waals surface area (Å²) < 4.78 is 23.6.